The second-order valence-electron chi connectivity index (χ2n) is 8.36. The molecule has 0 saturated carbocycles. The van der Waals surface area contributed by atoms with E-state index in [4.69, 9.17) is 9.15 Å². The van der Waals surface area contributed by atoms with Crippen LogP contribution in [0.25, 0.3) is 22.6 Å². The second-order valence-corrected chi connectivity index (χ2v) is 8.36. The molecular formula is C24H27N3O3. The number of nitrogens with one attached hydrogen (secondary N) is 1. The van der Waals surface area contributed by atoms with Crippen molar-refractivity contribution in [2.45, 2.75) is 19.3 Å². The molecule has 156 valence electrons. The highest BCUT2D eigenvalue weighted by Gasteiger charge is 2.27. The van der Waals surface area contributed by atoms with E-state index in [1.807, 2.05) is 48.5 Å². The van der Waals surface area contributed by atoms with Crippen molar-refractivity contribution in [1.29, 1.82) is 0 Å². The van der Waals surface area contributed by atoms with Crippen LogP contribution in [0.3, 0.4) is 0 Å². The number of rotatable bonds is 5. The van der Waals surface area contributed by atoms with Crippen LogP contribution in [0.4, 0.5) is 5.69 Å². The molecule has 2 aromatic carbocycles. The molecule has 0 radical (unpaired) electrons. The number of hydrogen-bond donors (Lipinski definition) is 1. The summed E-state index contributed by atoms with van der Waals surface area (Å²) in [6.07, 6.45) is 3.00. The van der Waals surface area contributed by atoms with E-state index < -0.39 is 0 Å². The molecule has 30 heavy (non-hydrogen) atoms. The summed E-state index contributed by atoms with van der Waals surface area (Å²) < 4.78 is 11.3. The highest BCUT2D eigenvalue weighted by atomic mass is 16.5. The Hall–Kier alpha value is -2.70. The second kappa shape index (κ2) is 8.58. The number of hydrogen-bond acceptors (Lipinski definition) is 5. The van der Waals surface area contributed by atoms with Gasteiger partial charge in [-0.1, -0.05) is 12.1 Å². The van der Waals surface area contributed by atoms with Gasteiger partial charge in [0.05, 0.1) is 6.61 Å². The first-order valence-electron chi connectivity index (χ1n) is 10.8. The third-order valence-corrected chi connectivity index (χ3v) is 6.19. The van der Waals surface area contributed by atoms with Gasteiger partial charge in [0, 0.05) is 30.3 Å². The zero-order valence-electron chi connectivity index (χ0n) is 17.0. The normalized spacial score (nSPS) is 20.6. The van der Waals surface area contributed by atoms with E-state index in [1.54, 1.807) is 0 Å². The van der Waals surface area contributed by atoms with Crippen molar-refractivity contribution in [2.24, 2.45) is 11.8 Å². The monoisotopic (exact) mass is 405 g/mol. The molecule has 6 heteroatoms. The van der Waals surface area contributed by atoms with Gasteiger partial charge in [0.1, 0.15) is 5.52 Å². The fraction of sp³-hybridized carbons (Fsp3) is 0.417. The number of fused-ring (bicyclic) bond motifs is 1. The maximum absolute atomic E-state index is 12.7. The fourth-order valence-electron chi connectivity index (χ4n) is 4.41. The molecule has 3 aromatic rings. The summed E-state index contributed by atoms with van der Waals surface area (Å²) in [5.41, 5.74) is 3.33. The number of benzene rings is 2. The first kappa shape index (κ1) is 19.3. The lowest BCUT2D eigenvalue weighted by Crippen LogP contribution is -2.40. The van der Waals surface area contributed by atoms with Gasteiger partial charge in [0.15, 0.2) is 5.58 Å². The SMILES string of the molecule is O=C(Nc1ccc(-c2nc3ccccc3o2)cc1)C1CCN(C[C@@H]2CCOC2)CC1. The molecular weight excluding hydrogens is 378 g/mol. The topological polar surface area (TPSA) is 67.6 Å². The Labute approximate surface area is 176 Å². The van der Waals surface area contributed by atoms with Crippen molar-refractivity contribution in [3.05, 3.63) is 48.5 Å². The van der Waals surface area contributed by atoms with Crippen LogP contribution in [-0.4, -0.2) is 48.6 Å². The summed E-state index contributed by atoms with van der Waals surface area (Å²) in [7, 11) is 0. The molecule has 3 heterocycles. The first-order valence-corrected chi connectivity index (χ1v) is 10.8. The quantitative estimate of drug-likeness (QED) is 0.690. The van der Waals surface area contributed by atoms with Gasteiger partial charge >= 0.3 is 0 Å². The lowest BCUT2D eigenvalue weighted by Gasteiger charge is -2.32. The van der Waals surface area contributed by atoms with E-state index in [0.717, 1.165) is 68.0 Å². The Bertz CT molecular complexity index is 967. The average Bonchev–Trinajstić information content (AvgIpc) is 3.44. The number of piperidine rings is 1. The lowest BCUT2D eigenvalue weighted by molar-refractivity contribution is -0.121. The van der Waals surface area contributed by atoms with Gasteiger partial charge in [-0.3, -0.25) is 4.79 Å². The number of nitrogens with zero attached hydrogens (tertiary/aromatic N) is 2. The predicted molar refractivity (Wildman–Crippen MR) is 116 cm³/mol. The highest BCUT2D eigenvalue weighted by molar-refractivity contribution is 5.92. The third kappa shape index (κ3) is 4.25. The molecule has 0 unspecified atom stereocenters. The molecule has 2 aliphatic heterocycles. The number of anilines is 1. The van der Waals surface area contributed by atoms with Crippen LogP contribution < -0.4 is 5.32 Å². The molecule has 6 nitrogen and oxygen atoms in total. The van der Waals surface area contributed by atoms with Crippen LogP contribution in [-0.2, 0) is 9.53 Å². The molecule has 5 rings (SSSR count). The molecule has 1 atom stereocenters. The summed E-state index contributed by atoms with van der Waals surface area (Å²) in [4.78, 5) is 19.7. The van der Waals surface area contributed by atoms with Crippen LogP contribution in [0.2, 0.25) is 0 Å². The maximum Gasteiger partial charge on any atom is 0.227 e. The van der Waals surface area contributed by atoms with Crippen LogP contribution >= 0.6 is 0 Å². The van der Waals surface area contributed by atoms with Gasteiger partial charge in [0.2, 0.25) is 11.8 Å². The standard InChI is InChI=1S/C24H27N3O3/c28-23(18-9-12-27(13-10-18)15-17-11-14-29-16-17)25-20-7-5-19(6-8-20)24-26-21-3-1-2-4-22(21)30-24/h1-8,17-18H,9-16H2,(H,25,28)/t17-/m0/s1. The van der Waals surface area contributed by atoms with Crippen molar-refractivity contribution in [3.63, 3.8) is 0 Å². The predicted octanol–water partition coefficient (Wildman–Crippen LogP) is 4.18. The van der Waals surface area contributed by atoms with Crippen molar-refractivity contribution in [1.82, 2.24) is 9.88 Å². The Kier molecular flexibility index (Phi) is 5.51. The number of aromatic nitrogens is 1. The number of carbonyl (C=O) groups is 1. The zero-order chi connectivity index (χ0) is 20.3. The number of carbonyl (C=O) groups excluding carboxylic acids is 1. The number of para-hydroxylation sites is 2. The summed E-state index contributed by atoms with van der Waals surface area (Å²) in [6.45, 7) is 4.87. The van der Waals surface area contributed by atoms with E-state index in [2.05, 4.69) is 15.2 Å². The number of amides is 1. The largest absolute Gasteiger partial charge is 0.436 e. The smallest absolute Gasteiger partial charge is 0.227 e. The lowest BCUT2D eigenvalue weighted by atomic mass is 9.95. The Morgan fingerprint density at radius 1 is 1.07 bits per heavy atom. The van der Waals surface area contributed by atoms with E-state index in [0.29, 0.717) is 11.8 Å². The summed E-state index contributed by atoms with van der Waals surface area (Å²) >= 11 is 0. The van der Waals surface area contributed by atoms with Gasteiger partial charge in [-0.2, -0.15) is 0 Å². The van der Waals surface area contributed by atoms with Gasteiger partial charge in [-0.05, 0) is 74.7 Å². The van der Waals surface area contributed by atoms with Crippen molar-refractivity contribution >= 4 is 22.7 Å². The maximum atomic E-state index is 12.7. The van der Waals surface area contributed by atoms with Crippen molar-refractivity contribution in [2.75, 3.05) is 38.2 Å². The fourth-order valence-corrected chi connectivity index (χ4v) is 4.41. The molecule has 0 bridgehead atoms. The molecule has 1 aromatic heterocycles. The van der Waals surface area contributed by atoms with Crippen LogP contribution in [0.5, 0.6) is 0 Å². The average molecular weight is 405 g/mol. The minimum atomic E-state index is 0.0813. The molecule has 1 amide bonds. The summed E-state index contributed by atoms with van der Waals surface area (Å²) in [6, 6.07) is 15.4. The molecule has 2 aliphatic rings. The number of oxazole rings is 1. The van der Waals surface area contributed by atoms with Gasteiger partial charge in [-0.15, -0.1) is 0 Å². The van der Waals surface area contributed by atoms with Crippen molar-refractivity contribution < 1.29 is 13.9 Å². The van der Waals surface area contributed by atoms with E-state index in [1.165, 1.54) is 6.42 Å². The van der Waals surface area contributed by atoms with Gasteiger partial charge in [0.25, 0.3) is 0 Å². The molecule has 1 N–H and O–H groups in total. The Morgan fingerprint density at radius 2 is 1.87 bits per heavy atom. The van der Waals surface area contributed by atoms with E-state index in [-0.39, 0.29) is 11.8 Å². The molecule has 2 fully saturated rings. The summed E-state index contributed by atoms with van der Waals surface area (Å²) in [5, 5.41) is 3.08. The number of ether oxygens (including phenoxy) is 1. The Balaban J connectivity index is 1.15. The van der Waals surface area contributed by atoms with Crippen LogP contribution in [0, 0.1) is 11.8 Å². The summed E-state index contributed by atoms with van der Waals surface area (Å²) in [5.74, 6) is 1.45. The number of likely N-dealkylation sites (tertiary alicyclic amines) is 1. The van der Waals surface area contributed by atoms with Gasteiger partial charge < -0.3 is 19.4 Å². The molecule has 0 spiro atoms. The van der Waals surface area contributed by atoms with Crippen molar-refractivity contribution in [3.8, 4) is 11.5 Å². The van der Waals surface area contributed by atoms with Crippen LogP contribution in [0.1, 0.15) is 19.3 Å². The Morgan fingerprint density at radius 3 is 2.60 bits per heavy atom. The third-order valence-electron chi connectivity index (χ3n) is 6.19. The highest BCUT2D eigenvalue weighted by Crippen LogP contribution is 2.26. The molecule has 0 aliphatic carbocycles. The van der Waals surface area contributed by atoms with E-state index in [9.17, 15) is 4.79 Å². The van der Waals surface area contributed by atoms with Crippen LogP contribution in [0.15, 0.2) is 52.9 Å². The first-order chi connectivity index (χ1) is 14.7. The zero-order valence-corrected chi connectivity index (χ0v) is 17.0. The van der Waals surface area contributed by atoms with E-state index >= 15 is 0 Å². The minimum Gasteiger partial charge on any atom is -0.436 e. The van der Waals surface area contributed by atoms with Gasteiger partial charge in [-0.25, -0.2) is 4.98 Å². The minimum absolute atomic E-state index is 0.0813. The molecule has 2 saturated heterocycles.